The van der Waals surface area contributed by atoms with Crippen LogP contribution in [0.1, 0.15) is 5.82 Å². The molecule has 2 heterocycles. The van der Waals surface area contributed by atoms with Crippen LogP contribution in [0.5, 0.6) is 11.6 Å². The Labute approximate surface area is 139 Å². The second-order valence-corrected chi connectivity index (χ2v) is 5.35. The second-order valence-electron chi connectivity index (χ2n) is 5.35. The molecule has 4 rings (SSSR count). The first-order valence-electron chi connectivity index (χ1n) is 7.36. The van der Waals surface area contributed by atoms with Gasteiger partial charge in [0.15, 0.2) is 0 Å². The number of ether oxygens (including phenoxy) is 1. The highest BCUT2D eigenvalue weighted by Gasteiger charge is 2.35. The van der Waals surface area contributed by atoms with Crippen LogP contribution in [0.4, 0.5) is 13.2 Å². The van der Waals surface area contributed by atoms with E-state index < -0.39 is 12.0 Å². The zero-order valence-electron chi connectivity index (χ0n) is 12.7. The molecule has 4 nitrogen and oxygen atoms in total. The van der Waals surface area contributed by atoms with E-state index >= 15 is 0 Å². The van der Waals surface area contributed by atoms with Crippen molar-refractivity contribution in [1.29, 1.82) is 0 Å². The zero-order valence-corrected chi connectivity index (χ0v) is 12.7. The lowest BCUT2D eigenvalue weighted by Gasteiger charge is -2.11. The number of halogens is 3. The minimum absolute atomic E-state index is 0.138. The summed E-state index contributed by atoms with van der Waals surface area (Å²) in [5, 5.41) is 2.17. The number of nitrogens with zero attached hydrogens (tertiary/aromatic N) is 3. The van der Waals surface area contributed by atoms with Crippen LogP contribution in [0.15, 0.2) is 60.9 Å². The van der Waals surface area contributed by atoms with Gasteiger partial charge in [0, 0.05) is 17.8 Å². The van der Waals surface area contributed by atoms with Crippen LogP contribution in [0.2, 0.25) is 0 Å². The van der Waals surface area contributed by atoms with Crippen molar-refractivity contribution in [3.05, 3.63) is 66.7 Å². The van der Waals surface area contributed by atoms with Crippen molar-refractivity contribution < 1.29 is 17.9 Å². The van der Waals surface area contributed by atoms with Crippen molar-refractivity contribution in [3.63, 3.8) is 0 Å². The minimum Gasteiger partial charge on any atom is -0.438 e. The SMILES string of the molecule is FC(F)(F)c1nc(Oc2ccc3ccncc3c2)c2ccccc2n1. The Morgan fingerprint density at radius 2 is 1.72 bits per heavy atom. The van der Waals surface area contributed by atoms with Crippen molar-refractivity contribution in [3.8, 4) is 11.6 Å². The number of aromatic nitrogens is 3. The predicted molar refractivity (Wildman–Crippen MR) is 86.4 cm³/mol. The molecule has 124 valence electrons. The fourth-order valence-corrected chi connectivity index (χ4v) is 2.49. The molecule has 25 heavy (non-hydrogen) atoms. The summed E-state index contributed by atoms with van der Waals surface area (Å²) in [7, 11) is 0. The topological polar surface area (TPSA) is 47.9 Å². The van der Waals surface area contributed by atoms with E-state index in [0.717, 1.165) is 10.8 Å². The number of hydrogen-bond donors (Lipinski definition) is 0. The maximum absolute atomic E-state index is 13.1. The molecule has 0 unspecified atom stereocenters. The van der Waals surface area contributed by atoms with Gasteiger partial charge < -0.3 is 4.74 Å². The molecular weight excluding hydrogens is 331 g/mol. The van der Waals surface area contributed by atoms with E-state index in [1.54, 1.807) is 48.8 Å². The number of pyridine rings is 1. The van der Waals surface area contributed by atoms with Gasteiger partial charge in [0.25, 0.3) is 0 Å². The first kappa shape index (κ1) is 15.3. The van der Waals surface area contributed by atoms with Gasteiger partial charge in [-0.2, -0.15) is 18.2 Å². The van der Waals surface area contributed by atoms with Crippen molar-refractivity contribution in [2.24, 2.45) is 0 Å². The van der Waals surface area contributed by atoms with E-state index in [2.05, 4.69) is 15.0 Å². The molecule has 0 N–H and O–H groups in total. The lowest BCUT2D eigenvalue weighted by Crippen LogP contribution is -2.11. The minimum atomic E-state index is -4.66. The predicted octanol–water partition coefficient (Wildman–Crippen LogP) is 4.99. The Morgan fingerprint density at radius 3 is 2.56 bits per heavy atom. The Balaban J connectivity index is 1.84. The van der Waals surface area contributed by atoms with Gasteiger partial charge in [-0.05, 0) is 35.7 Å². The van der Waals surface area contributed by atoms with Crippen molar-refractivity contribution in [2.45, 2.75) is 6.18 Å². The highest BCUT2D eigenvalue weighted by molar-refractivity contribution is 5.85. The molecule has 0 aliphatic rings. The molecule has 0 amide bonds. The largest absolute Gasteiger partial charge is 0.451 e. The molecule has 2 aromatic carbocycles. The van der Waals surface area contributed by atoms with Gasteiger partial charge in [-0.15, -0.1) is 0 Å². The van der Waals surface area contributed by atoms with Crippen LogP contribution < -0.4 is 4.74 Å². The van der Waals surface area contributed by atoms with E-state index in [0.29, 0.717) is 11.1 Å². The van der Waals surface area contributed by atoms with Crippen LogP contribution in [-0.2, 0) is 6.18 Å². The first-order chi connectivity index (χ1) is 12.0. The molecule has 0 spiro atoms. The smallest absolute Gasteiger partial charge is 0.438 e. The van der Waals surface area contributed by atoms with E-state index in [-0.39, 0.29) is 11.4 Å². The van der Waals surface area contributed by atoms with Crippen LogP contribution in [-0.4, -0.2) is 15.0 Å². The van der Waals surface area contributed by atoms with Crippen LogP contribution in [0.25, 0.3) is 21.7 Å². The fourth-order valence-electron chi connectivity index (χ4n) is 2.49. The number of fused-ring (bicyclic) bond motifs is 2. The first-order valence-corrected chi connectivity index (χ1v) is 7.36. The maximum Gasteiger partial charge on any atom is 0.451 e. The van der Waals surface area contributed by atoms with E-state index in [4.69, 9.17) is 4.74 Å². The summed E-state index contributed by atoms with van der Waals surface area (Å²) in [6.07, 6.45) is -1.34. The number of alkyl halides is 3. The highest BCUT2D eigenvalue weighted by atomic mass is 19.4. The second kappa shape index (κ2) is 5.70. The lowest BCUT2D eigenvalue weighted by molar-refractivity contribution is -0.144. The van der Waals surface area contributed by atoms with Crippen LogP contribution in [0.3, 0.4) is 0 Å². The van der Waals surface area contributed by atoms with Crippen molar-refractivity contribution in [1.82, 2.24) is 15.0 Å². The fraction of sp³-hybridized carbons (Fsp3) is 0.0556. The molecule has 0 saturated heterocycles. The molecule has 0 bridgehead atoms. The summed E-state index contributed by atoms with van der Waals surface area (Å²) in [5.41, 5.74) is 0.169. The molecule has 2 aromatic heterocycles. The Bertz CT molecular complexity index is 1080. The quantitative estimate of drug-likeness (QED) is 0.515. The third-order valence-electron chi connectivity index (χ3n) is 3.65. The van der Waals surface area contributed by atoms with E-state index in [1.807, 2.05) is 6.07 Å². The summed E-state index contributed by atoms with van der Waals surface area (Å²) in [6.45, 7) is 0. The molecule has 0 fully saturated rings. The number of rotatable bonds is 2. The average Bonchev–Trinajstić information content (AvgIpc) is 2.61. The van der Waals surface area contributed by atoms with E-state index in [1.165, 1.54) is 6.07 Å². The molecule has 0 radical (unpaired) electrons. The Kier molecular flexibility index (Phi) is 3.49. The molecule has 0 saturated carbocycles. The molecule has 0 atom stereocenters. The average molecular weight is 341 g/mol. The van der Waals surface area contributed by atoms with Gasteiger partial charge in [0.2, 0.25) is 11.7 Å². The van der Waals surface area contributed by atoms with Gasteiger partial charge in [0.05, 0.1) is 10.9 Å². The number of benzene rings is 2. The maximum atomic E-state index is 13.1. The summed E-state index contributed by atoms with van der Waals surface area (Å²) < 4.78 is 44.8. The summed E-state index contributed by atoms with van der Waals surface area (Å²) in [4.78, 5) is 11.2. The monoisotopic (exact) mass is 341 g/mol. The molecule has 7 heteroatoms. The highest BCUT2D eigenvalue weighted by Crippen LogP contribution is 2.33. The van der Waals surface area contributed by atoms with Crippen molar-refractivity contribution in [2.75, 3.05) is 0 Å². The van der Waals surface area contributed by atoms with Gasteiger partial charge >= 0.3 is 6.18 Å². The summed E-state index contributed by atoms with van der Waals surface area (Å²) >= 11 is 0. The third-order valence-corrected chi connectivity index (χ3v) is 3.65. The molecule has 0 aliphatic heterocycles. The van der Waals surface area contributed by atoms with Gasteiger partial charge in [-0.3, -0.25) is 4.98 Å². The van der Waals surface area contributed by atoms with E-state index in [9.17, 15) is 13.2 Å². The standard InChI is InChI=1S/C18H10F3N3O/c19-18(20,21)17-23-15-4-2-1-3-14(15)16(24-17)25-13-6-5-11-7-8-22-10-12(11)9-13/h1-10H. The van der Waals surface area contributed by atoms with Gasteiger partial charge in [-0.1, -0.05) is 18.2 Å². The van der Waals surface area contributed by atoms with Crippen LogP contribution in [0, 0.1) is 0 Å². The molecule has 0 aliphatic carbocycles. The zero-order chi connectivity index (χ0) is 17.4. The lowest BCUT2D eigenvalue weighted by atomic mass is 10.2. The van der Waals surface area contributed by atoms with Gasteiger partial charge in [0.1, 0.15) is 5.75 Å². The third kappa shape index (κ3) is 2.96. The normalized spacial score (nSPS) is 11.8. The Hall–Kier alpha value is -3.22. The van der Waals surface area contributed by atoms with Crippen molar-refractivity contribution >= 4 is 21.7 Å². The number of para-hydroxylation sites is 1. The summed E-state index contributed by atoms with van der Waals surface area (Å²) in [6, 6.07) is 13.4. The van der Waals surface area contributed by atoms with Gasteiger partial charge in [-0.25, -0.2) is 4.98 Å². The van der Waals surface area contributed by atoms with Crippen LogP contribution >= 0.6 is 0 Å². The Morgan fingerprint density at radius 1 is 0.880 bits per heavy atom. The number of hydrogen-bond acceptors (Lipinski definition) is 4. The molecule has 4 aromatic rings. The summed E-state index contributed by atoms with van der Waals surface area (Å²) in [5.74, 6) is -0.998. The molecular formula is C18H10F3N3O.